The molecule has 0 amide bonds. The Balaban J connectivity index is 2.22. The quantitative estimate of drug-likeness (QED) is 0.601. The lowest BCUT2D eigenvalue weighted by Gasteiger charge is -2.18. The lowest BCUT2D eigenvalue weighted by Crippen LogP contribution is -2.14. The van der Waals surface area contributed by atoms with E-state index in [-0.39, 0.29) is 0 Å². The summed E-state index contributed by atoms with van der Waals surface area (Å²) in [6, 6.07) is 0. The molecule has 0 spiro atoms. The second-order valence-electron chi connectivity index (χ2n) is 3.62. The summed E-state index contributed by atoms with van der Waals surface area (Å²) in [5.41, 5.74) is 0. The van der Waals surface area contributed by atoms with Gasteiger partial charge in [-0.05, 0) is 31.6 Å². The van der Waals surface area contributed by atoms with Gasteiger partial charge in [0.05, 0.1) is 0 Å². The highest BCUT2D eigenvalue weighted by atomic mass is 35.5. The van der Waals surface area contributed by atoms with Gasteiger partial charge in [0.15, 0.2) is 0 Å². The summed E-state index contributed by atoms with van der Waals surface area (Å²) >= 11 is 5.91. The molecule has 1 nitrogen and oxygen atoms in total. The Morgan fingerprint density at radius 2 is 2.27 bits per heavy atom. The average Bonchev–Trinajstić information content (AvgIpc) is 2.35. The highest BCUT2D eigenvalue weighted by Gasteiger charge is 2.22. The normalized spacial score (nSPS) is 30.3. The number of hydrogen-bond acceptors (Lipinski definition) is 1. The van der Waals surface area contributed by atoms with E-state index in [0.717, 1.165) is 31.5 Å². The van der Waals surface area contributed by atoms with Crippen molar-refractivity contribution in [3.8, 4) is 0 Å². The summed E-state index contributed by atoms with van der Waals surface area (Å²) in [6.45, 7) is 6.24. The molecule has 66 valence electrons. The van der Waals surface area contributed by atoms with Crippen LogP contribution in [0.4, 0.5) is 0 Å². The van der Waals surface area contributed by atoms with E-state index in [1.807, 2.05) is 0 Å². The van der Waals surface area contributed by atoms with Crippen molar-refractivity contribution < 1.29 is 4.74 Å². The molecular formula is C9H17ClO. The molecule has 2 heteroatoms. The Morgan fingerprint density at radius 3 is 2.73 bits per heavy atom. The largest absolute Gasteiger partial charge is 0.381 e. The van der Waals surface area contributed by atoms with Crippen molar-refractivity contribution in [2.75, 3.05) is 13.2 Å². The maximum atomic E-state index is 5.91. The molecular weight excluding hydrogens is 160 g/mol. The Hall–Kier alpha value is 0.250. The fraction of sp³-hybridized carbons (Fsp3) is 1.00. The summed E-state index contributed by atoms with van der Waals surface area (Å²) in [6.07, 6.45) is 2.35. The molecule has 11 heavy (non-hydrogen) atoms. The van der Waals surface area contributed by atoms with E-state index in [1.165, 1.54) is 6.42 Å². The zero-order valence-corrected chi connectivity index (χ0v) is 8.10. The van der Waals surface area contributed by atoms with Crippen molar-refractivity contribution in [2.24, 2.45) is 11.8 Å². The third-order valence-corrected chi connectivity index (χ3v) is 2.64. The molecule has 0 aromatic carbocycles. The molecule has 0 bridgehead atoms. The number of alkyl halides is 1. The van der Waals surface area contributed by atoms with Gasteiger partial charge in [-0.25, -0.2) is 0 Å². The SMILES string of the molecule is CC(Cl)CC(C)C1CCOC1. The highest BCUT2D eigenvalue weighted by Crippen LogP contribution is 2.26. The van der Waals surface area contributed by atoms with Crippen LogP contribution in [0.5, 0.6) is 0 Å². The van der Waals surface area contributed by atoms with Crippen LogP contribution in [0.1, 0.15) is 26.7 Å². The maximum absolute atomic E-state index is 5.91. The van der Waals surface area contributed by atoms with Crippen LogP contribution in [-0.4, -0.2) is 18.6 Å². The van der Waals surface area contributed by atoms with Crippen LogP contribution in [0.2, 0.25) is 0 Å². The molecule has 3 atom stereocenters. The molecule has 1 fully saturated rings. The number of hydrogen-bond donors (Lipinski definition) is 0. The highest BCUT2D eigenvalue weighted by molar-refractivity contribution is 6.20. The lowest BCUT2D eigenvalue weighted by molar-refractivity contribution is 0.172. The summed E-state index contributed by atoms with van der Waals surface area (Å²) in [5, 5.41) is 0.311. The lowest BCUT2D eigenvalue weighted by atomic mass is 9.90. The van der Waals surface area contributed by atoms with E-state index in [4.69, 9.17) is 16.3 Å². The molecule has 0 N–H and O–H groups in total. The van der Waals surface area contributed by atoms with E-state index < -0.39 is 0 Å². The van der Waals surface area contributed by atoms with Crippen molar-refractivity contribution >= 4 is 11.6 Å². The van der Waals surface area contributed by atoms with E-state index in [1.54, 1.807) is 0 Å². The molecule has 0 aromatic heterocycles. The molecule has 0 aromatic rings. The van der Waals surface area contributed by atoms with Gasteiger partial charge in [0.25, 0.3) is 0 Å². The standard InChI is InChI=1S/C9H17ClO/c1-7(5-8(2)10)9-3-4-11-6-9/h7-9H,3-6H2,1-2H3. The van der Waals surface area contributed by atoms with Crippen molar-refractivity contribution in [3.63, 3.8) is 0 Å². The Labute approximate surface area is 74.1 Å². The minimum atomic E-state index is 0.311. The fourth-order valence-corrected chi connectivity index (χ4v) is 1.99. The van der Waals surface area contributed by atoms with Gasteiger partial charge in [0.1, 0.15) is 0 Å². The first-order valence-electron chi connectivity index (χ1n) is 4.42. The zero-order chi connectivity index (χ0) is 8.27. The summed E-state index contributed by atoms with van der Waals surface area (Å²) < 4.78 is 5.32. The van der Waals surface area contributed by atoms with E-state index in [9.17, 15) is 0 Å². The first-order valence-corrected chi connectivity index (χ1v) is 4.85. The van der Waals surface area contributed by atoms with Gasteiger partial charge >= 0.3 is 0 Å². The number of halogens is 1. The average molecular weight is 177 g/mol. The van der Waals surface area contributed by atoms with E-state index in [0.29, 0.717) is 5.38 Å². The van der Waals surface area contributed by atoms with Crippen LogP contribution >= 0.6 is 11.6 Å². The van der Waals surface area contributed by atoms with Crippen LogP contribution in [0.15, 0.2) is 0 Å². The smallest absolute Gasteiger partial charge is 0.0497 e. The monoisotopic (exact) mass is 176 g/mol. The molecule has 1 saturated heterocycles. The van der Waals surface area contributed by atoms with Crippen LogP contribution < -0.4 is 0 Å². The molecule has 1 rings (SSSR count). The van der Waals surface area contributed by atoms with Gasteiger partial charge < -0.3 is 4.74 Å². The first-order chi connectivity index (χ1) is 5.20. The van der Waals surface area contributed by atoms with Crippen LogP contribution in [0.25, 0.3) is 0 Å². The van der Waals surface area contributed by atoms with Gasteiger partial charge in [-0.1, -0.05) is 6.92 Å². The topological polar surface area (TPSA) is 9.23 Å². The molecule has 3 unspecified atom stereocenters. The van der Waals surface area contributed by atoms with E-state index in [2.05, 4.69) is 13.8 Å². The number of ether oxygens (including phenoxy) is 1. The van der Waals surface area contributed by atoms with Gasteiger partial charge in [0, 0.05) is 18.6 Å². The minimum Gasteiger partial charge on any atom is -0.381 e. The van der Waals surface area contributed by atoms with Gasteiger partial charge in [-0.3, -0.25) is 0 Å². The van der Waals surface area contributed by atoms with Crippen molar-refractivity contribution in [1.82, 2.24) is 0 Å². The predicted molar refractivity (Wildman–Crippen MR) is 48.0 cm³/mol. The van der Waals surface area contributed by atoms with Crippen LogP contribution in [-0.2, 0) is 4.74 Å². The second-order valence-corrected chi connectivity index (χ2v) is 4.36. The Morgan fingerprint density at radius 1 is 1.55 bits per heavy atom. The van der Waals surface area contributed by atoms with Crippen molar-refractivity contribution in [1.29, 1.82) is 0 Å². The summed E-state index contributed by atoms with van der Waals surface area (Å²) in [5.74, 6) is 1.49. The van der Waals surface area contributed by atoms with Gasteiger partial charge in [-0.2, -0.15) is 0 Å². The van der Waals surface area contributed by atoms with Gasteiger partial charge in [-0.15, -0.1) is 11.6 Å². The molecule has 0 aliphatic carbocycles. The predicted octanol–water partition coefficient (Wildman–Crippen LogP) is 2.68. The zero-order valence-electron chi connectivity index (χ0n) is 7.35. The van der Waals surface area contributed by atoms with Crippen molar-refractivity contribution in [3.05, 3.63) is 0 Å². The van der Waals surface area contributed by atoms with Crippen LogP contribution in [0.3, 0.4) is 0 Å². The van der Waals surface area contributed by atoms with Crippen molar-refractivity contribution in [2.45, 2.75) is 32.1 Å². The fourth-order valence-electron chi connectivity index (χ4n) is 1.71. The minimum absolute atomic E-state index is 0.311. The molecule has 0 radical (unpaired) electrons. The molecule has 1 aliphatic heterocycles. The Bertz CT molecular complexity index is 108. The van der Waals surface area contributed by atoms with Crippen LogP contribution in [0, 0.1) is 11.8 Å². The third-order valence-electron chi connectivity index (χ3n) is 2.47. The molecule has 1 aliphatic rings. The summed E-state index contributed by atoms with van der Waals surface area (Å²) in [7, 11) is 0. The van der Waals surface area contributed by atoms with E-state index >= 15 is 0 Å². The molecule has 1 heterocycles. The maximum Gasteiger partial charge on any atom is 0.0497 e. The molecule has 0 saturated carbocycles. The third kappa shape index (κ3) is 3.00. The Kier molecular flexibility index (Phi) is 3.67. The number of rotatable bonds is 3. The summed E-state index contributed by atoms with van der Waals surface area (Å²) in [4.78, 5) is 0. The first kappa shape index (κ1) is 9.34. The van der Waals surface area contributed by atoms with Gasteiger partial charge in [0.2, 0.25) is 0 Å². The second kappa shape index (κ2) is 4.32.